The van der Waals surface area contributed by atoms with Gasteiger partial charge in [-0.2, -0.15) is 0 Å². The molecule has 1 fully saturated rings. The van der Waals surface area contributed by atoms with Crippen molar-refractivity contribution in [2.45, 2.75) is 49.1 Å². The second-order valence-corrected chi connectivity index (χ2v) is 5.46. The molecule has 15 heavy (non-hydrogen) atoms. The van der Waals surface area contributed by atoms with Crippen molar-refractivity contribution in [2.75, 3.05) is 0 Å². The fraction of sp³-hybridized carbons (Fsp3) is 0.667. The molecule has 0 spiro atoms. The Hall–Kier alpha value is -0.410. The Labute approximate surface area is 95.6 Å². The van der Waals surface area contributed by atoms with Gasteiger partial charge in [0.05, 0.1) is 12.0 Å². The maximum atomic E-state index is 6.17. The molecule has 2 rings (SSSR count). The predicted molar refractivity (Wildman–Crippen MR) is 64.9 cm³/mol. The van der Waals surface area contributed by atoms with E-state index in [1.807, 2.05) is 23.9 Å². The molecule has 1 aromatic heterocycles. The van der Waals surface area contributed by atoms with E-state index in [-0.39, 0.29) is 0 Å². The SMILES string of the molecule is NC1CCCCCC1SCc1ccco1. The second kappa shape index (κ2) is 5.61. The molecule has 0 aromatic carbocycles. The Kier molecular flexibility index (Phi) is 4.15. The van der Waals surface area contributed by atoms with Gasteiger partial charge in [0.25, 0.3) is 0 Å². The summed E-state index contributed by atoms with van der Waals surface area (Å²) in [5.41, 5.74) is 6.17. The summed E-state index contributed by atoms with van der Waals surface area (Å²) in [7, 11) is 0. The fourth-order valence-electron chi connectivity index (χ4n) is 2.09. The van der Waals surface area contributed by atoms with Gasteiger partial charge in [-0.3, -0.25) is 0 Å². The number of hydrogen-bond acceptors (Lipinski definition) is 3. The Morgan fingerprint density at radius 2 is 2.20 bits per heavy atom. The molecule has 2 unspecified atom stereocenters. The topological polar surface area (TPSA) is 39.2 Å². The minimum atomic E-state index is 0.382. The van der Waals surface area contributed by atoms with Crippen molar-refractivity contribution in [3.63, 3.8) is 0 Å². The zero-order chi connectivity index (χ0) is 10.5. The summed E-state index contributed by atoms with van der Waals surface area (Å²) < 4.78 is 5.33. The van der Waals surface area contributed by atoms with Crippen molar-refractivity contribution >= 4 is 11.8 Å². The van der Waals surface area contributed by atoms with E-state index in [0.717, 1.165) is 11.5 Å². The molecule has 1 aliphatic carbocycles. The highest BCUT2D eigenvalue weighted by Crippen LogP contribution is 2.29. The molecule has 0 saturated heterocycles. The number of hydrogen-bond donors (Lipinski definition) is 1. The zero-order valence-electron chi connectivity index (χ0n) is 9.02. The van der Waals surface area contributed by atoms with Gasteiger partial charge in [-0.1, -0.05) is 19.3 Å². The lowest BCUT2D eigenvalue weighted by atomic mass is 10.1. The van der Waals surface area contributed by atoms with Gasteiger partial charge in [0, 0.05) is 11.3 Å². The Balaban J connectivity index is 1.81. The van der Waals surface area contributed by atoms with Crippen LogP contribution in [0.15, 0.2) is 22.8 Å². The van der Waals surface area contributed by atoms with E-state index in [4.69, 9.17) is 10.2 Å². The van der Waals surface area contributed by atoms with E-state index < -0.39 is 0 Å². The zero-order valence-corrected chi connectivity index (χ0v) is 9.84. The van der Waals surface area contributed by atoms with E-state index in [9.17, 15) is 0 Å². The van der Waals surface area contributed by atoms with Crippen LogP contribution in [0.25, 0.3) is 0 Å². The van der Waals surface area contributed by atoms with Crippen molar-refractivity contribution in [1.29, 1.82) is 0 Å². The van der Waals surface area contributed by atoms with E-state index in [2.05, 4.69) is 0 Å². The lowest BCUT2D eigenvalue weighted by molar-refractivity contribution is 0.529. The summed E-state index contributed by atoms with van der Waals surface area (Å²) in [5.74, 6) is 2.03. The monoisotopic (exact) mass is 225 g/mol. The molecule has 3 heteroatoms. The van der Waals surface area contributed by atoms with Gasteiger partial charge in [0.15, 0.2) is 0 Å². The third kappa shape index (κ3) is 3.28. The van der Waals surface area contributed by atoms with Gasteiger partial charge in [-0.25, -0.2) is 0 Å². The lowest BCUT2D eigenvalue weighted by Crippen LogP contribution is -2.31. The van der Waals surface area contributed by atoms with Crippen LogP contribution in [0.1, 0.15) is 37.9 Å². The Morgan fingerprint density at radius 1 is 1.33 bits per heavy atom. The van der Waals surface area contributed by atoms with Crippen LogP contribution in [0.3, 0.4) is 0 Å². The smallest absolute Gasteiger partial charge is 0.113 e. The van der Waals surface area contributed by atoms with Crippen LogP contribution in [-0.4, -0.2) is 11.3 Å². The minimum absolute atomic E-state index is 0.382. The van der Waals surface area contributed by atoms with E-state index >= 15 is 0 Å². The number of thioether (sulfide) groups is 1. The van der Waals surface area contributed by atoms with E-state index in [1.54, 1.807) is 6.26 Å². The molecule has 2 N–H and O–H groups in total. The van der Waals surface area contributed by atoms with Crippen LogP contribution in [-0.2, 0) is 5.75 Å². The first-order valence-electron chi connectivity index (χ1n) is 5.76. The first-order chi connectivity index (χ1) is 7.36. The molecule has 0 amide bonds. The highest BCUT2D eigenvalue weighted by Gasteiger charge is 2.20. The fourth-order valence-corrected chi connectivity index (χ4v) is 3.35. The van der Waals surface area contributed by atoms with Gasteiger partial charge >= 0.3 is 0 Å². The van der Waals surface area contributed by atoms with Crippen LogP contribution >= 0.6 is 11.8 Å². The van der Waals surface area contributed by atoms with Crippen LogP contribution in [0.4, 0.5) is 0 Å². The van der Waals surface area contributed by atoms with E-state index in [0.29, 0.717) is 11.3 Å². The minimum Gasteiger partial charge on any atom is -0.468 e. The number of rotatable bonds is 3. The first kappa shape index (κ1) is 11.1. The Morgan fingerprint density at radius 3 is 3.00 bits per heavy atom. The van der Waals surface area contributed by atoms with Gasteiger partial charge in [-0.05, 0) is 25.0 Å². The molecule has 1 saturated carbocycles. The van der Waals surface area contributed by atoms with Gasteiger partial charge in [0.2, 0.25) is 0 Å². The van der Waals surface area contributed by atoms with Crippen LogP contribution in [0, 0.1) is 0 Å². The number of furan rings is 1. The molecule has 2 nitrogen and oxygen atoms in total. The molecular formula is C12H19NOS. The molecule has 1 aromatic rings. The third-order valence-electron chi connectivity index (χ3n) is 3.02. The maximum absolute atomic E-state index is 6.17. The third-order valence-corrected chi connectivity index (χ3v) is 4.49. The van der Waals surface area contributed by atoms with Crippen LogP contribution < -0.4 is 5.73 Å². The van der Waals surface area contributed by atoms with Gasteiger partial charge in [0.1, 0.15) is 5.76 Å². The summed E-state index contributed by atoms with van der Waals surface area (Å²) in [5, 5.41) is 0.623. The largest absolute Gasteiger partial charge is 0.468 e. The summed E-state index contributed by atoms with van der Waals surface area (Å²) >= 11 is 1.96. The quantitative estimate of drug-likeness (QED) is 0.803. The molecule has 0 radical (unpaired) electrons. The molecule has 84 valence electrons. The molecule has 1 heterocycles. The highest BCUT2D eigenvalue weighted by atomic mass is 32.2. The summed E-state index contributed by atoms with van der Waals surface area (Å²) in [6.45, 7) is 0. The average Bonchev–Trinajstić information content (AvgIpc) is 2.67. The van der Waals surface area contributed by atoms with Gasteiger partial charge < -0.3 is 10.2 Å². The molecule has 0 aliphatic heterocycles. The van der Waals surface area contributed by atoms with Crippen LogP contribution in [0.2, 0.25) is 0 Å². The maximum Gasteiger partial charge on any atom is 0.113 e. The van der Waals surface area contributed by atoms with Gasteiger partial charge in [-0.15, -0.1) is 11.8 Å². The summed E-state index contributed by atoms with van der Waals surface area (Å²) in [6.07, 6.45) is 8.19. The highest BCUT2D eigenvalue weighted by molar-refractivity contribution is 7.99. The average molecular weight is 225 g/mol. The van der Waals surface area contributed by atoms with Crippen LogP contribution in [0.5, 0.6) is 0 Å². The van der Waals surface area contributed by atoms with Crippen molar-refractivity contribution < 1.29 is 4.42 Å². The van der Waals surface area contributed by atoms with Crippen molar-refractivity contribution in [3.8, 4) is 0 Å². The normalized spacial score (nSPS) is 27.5. The van der Waals surface area contributed by atoms with E-state index in [1.165, 1.54) is 32.1 Å². The van der Waals surface area contributed by atoms with Crippen molar-refractivity contribution in [1.82, 2.24) is 0 Å². The number of nitrogens with two attached hydrogens (primary N) is 1. The van der Waals surface area contributed by atoms with Crippen molar-refractivity contribution in [3.05, 3.63) is 24.2 Å². The first-order valence-corrected chi connectivity index (χ1v) is 6.81. The molecule has 1 aliphatic rings. The summed E-state index contributed by atoms with van der Waals surface area (Å²) in [4.78, 5) is 0. The molecule has 0 bridgehead atoms. The Bertz CT molecular complexity index is 273. The molecule has 2 atom stereocenters. The second-order valence-electron chi connectivity index (χ2n) is 4.23. The lowest BCUT2D eigenvalue weighted by Gasteiger charge is -2.20. The summed E-state index contributed by atoms with van der Waals surface area (Å²) in [6, 6.07) is 4.37. The van der Waals surface area contributed by atoms with Crippen molar-refractivity contribution in [2.24, 2.45) is 5.73 Å². The predicted octanol–water partition coefficient (Wildman–Crippen LogP) is 3.17. The molecular weight excluding hydrogens is 206 g/mol. The standard InChI is InChI=1S/C12H19NOS/c13-11-6-2-1-3-7-12(11)15-9-10-5-4-8-14-10/h4-5,8,11-12H,1-3,6-7,9,13H2.